The summed E-state index contributed by atoms with van der Waals surface area (Å²) in [6, 6.07) is 42.0. The minimum Gasteiger partial charge on any atom is -0.476 e. The van der Waals surface area contributed by atoms with Crippen molar-refractivity contribution in [3.8, 4) is 22.6 Å². The molecule has 2 nitrogen and oxygen atoms in total. The van der Waals surface area contributed by atoms with Crippen LogP contribution in [0.5, 0.6) is 11.5 Å². The molecule has 0 amide bonds. The summed E-state index contributed by atoms with van der Waals surface area (Å²) in [7, 11) is 0.386. The van der Waals surface area contributed by atoms with Gasteiger partial charge in [-0.25, -0.2) is 0 Å². The maximum atomic E-state index is 6.92. The fourth-order valence-corrected chi connectivity index (χ4v) is 7.95. The zero-order valence-electron chi connectivity index (χ0n) is 26.5. The van der Waals surface area contributed by atoms with Crippen LogP contribution in [0, 0.1) is 0 Å². The topological polar surface area (TPSA) is 18.5 Å². The van der Waals surface area contributed by atoms with E-state index in [0.717, 1.165) is 67.1 Å². The first kappa shape index (κ1) is 32.8. The van der Waals surface area contributed by atoms with E-state index in [9.17, 15) is 0 Å². The molecule has 0 saturated heterocycles. The summed E-state index contributed by atoms with van der Waals surface area (Å²) in [5.74, 6) is 1.71. The number of hydrogen-bond acceptors (Lipinski definition) is 2. The molecule has 0 N–H and O–H groups in total. The summed E-state index contributed by atoms with van der Waals surface area (Å²) in [4.78, 5) is 0. The Morgan fingerprint density at radius 1 is 0.500 bits per heavy atom. The normalized spacial score (nSPS) is 14.7. The van der Waals surface area contributed by atoms with Gasteiger partial charge in [0, 0.05) is 31.5 Å². The van der Waals surface area contributed by atoms with Gasteiger partial charge in [0.05, 0.1) is 17.6 Å². The van der Waals surface area contributed by atoms with Crippen LogP contribution in [0.2, 0.25) is 10.0 Å². The second-order valence-electron chi connectivity index (χ2n) is 12.1. The lowest BCUT2D eigenvalue weighted by Crippen LogP contribution is -2.16. The largest absolute Gasteiger partial charge is 0.476 e. The predicted molar refractivity (Wildman–Crippen MR) is 203 cm³/mol. The summed E-state index contributed by atoms with van der Waals surface area (Å²) >= 11 is 12.5. The van der Waals surface area contributed by atoms with E-state index in [1.807, 2.05) is 24.3 Å². The smallest absolute Gasteiger partial charge is 0.131 e. The van der Waals surface area contributed by atoms with Gasteiger partial charge in [-0.3, -0.25) is 0 Å². The van der Waals surface area contributed by atoms with E-state index in [4.69, 9.17) is 32.2 Å². The molecule has 6 rings (SSSR count). The highest BCUT2D eigenvalue weighted by Gasteiger charge is 2.30. The van der Waals surface area contributed by atoms with Gasteiger partial charge in [0.2, 0.25) is 0 Å². The molecule has 0 spiro atoms. The molecule has 0 aliphatic rings. The minimum absolute atomic E-state index is 0.172. The van der Waals surface area contributed by atoms with Crippen LogP contribution in [0.15, 0.2) is 121 Å². The molecule has 46 heavy (non-hydrogen) atoms. The lowest BCUT2D eigenvalue weighted by Gasteiger charge is -2.30. The van der Waals surface area contributed by atoms with Gasteiger partial charge in [-0.1, -0.05) is 122 Å². The van der Waals surface area contributed by atoms with Gasteiger partial charge in [0.15, 0.2) is 0 Å². The van der Waals surface area contributed by atoms with Crippen LogP contribution in [-0.4, -0.2) is 0 Å². The number of fused-ring (bicyclic) bond motifs is 2. The van der Waals surface area contributed by atoms with Crippen molar-refractivity contribution in [1.29, 1.82) is 0 Å². The molecule has 234 valence electrons. The maximum absolute atomic E-state index is 6.92. The first-order chi connectivity index (χ1) is 22.2. The lowest BCUT2D eigenvalue weighted by molar-refractivity contribution is 0.556. The lowest BCUT2D eigenvalue weighted by atomic mass is 9.92. The minimum atomic E-state index is -0.172. The molecule has 0 aromatic heterocycles. The first-order valence-electron chi connectivity index (χ1n) is 15.7. The Kier molecular flexibility index (Phi) is 9.94. The van der Waals surface area contributed by atoms with Crippen molar-refractivity contribution >= 4 is 62.4 Å². The SMILES string of the molecule is CCC(C)(POc1ccc2ccccc2c1-c1c(OPC(C)(CC)c2ccc(Cl)cc2)ccc2ccccc12)c1ccc(Cl)cc1. The predicted octanol–water partition coefficient (Wildman–Crippen LogP) is 13.6. The highest BCUT2D eigenvalue weighted by molar-refractivity contribution is 7.34. The highest BCUT2D eigenvalue weighted by atomic mass is 35.5. The Labute approximate surface area is 286 Å². The number of hydrogen-bond donors (Lipinski definition) is 0. The van der Waals surface area contributed by atoms with Crippen molar-refractivity contribution in [3.63, 3.8) is 0 Å². The molecule has 4 atom stereocenters. The van der Waals surface area contributed by atoms with E-state index < -0.39 is 0 Å². The monoisotopic (exact) mass is 682 g/mol. The van der Waals surface area contributed by atoms with Crippen molar-refractivity contribution in [3.05, 3.63) is 142 Å². The Morgan fingerprint density at radius 3 is 1.24 bits per heavy atom. The van der Waals surface area contributed by atoms with Crippen molar-refractivity contribution in [2.75, 3.05) is 0 Å². The van der Waals surface area contributed by atoms with Crippen LogP contribution >= 0.6 is 40.8 Å². The molecule has 0 bridgehead atoms. The molecule has 0 saturated carbocycles. The number of benzene rings is 6. The molecule has 0 aliphatic carbocycles. The third-order valence-electron chi connectivity index (χ3n) is 9.18. The maximum Gasteiger partial charge on any atom is 0.131 e. The molecule has 4 unspecified atom stereocenters. The van der Waals surface area contributed by atoms with Gasteiger partial charge < -0.3 is 9.05 Å². The number of rotatable bonds is 11. The van der Waals surface area contributed by atoms with Gasteiger partial charge in [-0.2, -0.15) is 0 Å². The zero-order chi connectivity index (χ0) is 32.3. The molecule has 6 aromatic carbocycles. The summed E-state index contributed by atoms with van der Waals surface area (Å²) in [5.41, 5.74) is 4.55. The van der Waals surface area contributed by atoms with Gasteiger partial charge in [-0.15, -0.1) is 0 Å². The first-order valence-corrected chi connectivity index (χ1v) is 18.3. The Balaban J connectivity index is 1.48. The average Bonchev–Trinajstić information content (AvgIpc) is 3.09. The molecule has 6 aromatic rings. The van der Waals surface area contributed by atoms with Gasteiger partial charge >= 0.3 is 0 Å². The Morgan fingerprint density at radius 2 is 0.870 bits per heavy atom. The highest BCUT2D eigenvalue weighted by Crippen LogP contribution is 2.53. The van der Waals surface area contributed by atoms with Gasteiger partial charge in [0.25, 0.3) is 0 Å². The Bertz CT molecular complexity index is 1830. The fraction of sp³-hybridized carbons (Fsp3) is 0.200. The van der Waals surface area contributed by atoms with Crippen LogP contribution < -0.4 is 9.05 Å². The van der Waals surface area contributed by atoms with Crippen molar-refractivity contribution in [2.24, 2.45) is 0 Å². The third-order valence-corrected chi connectivity index (χ3v) is 12.5. The summed E-state index contributed by atoms with van der Waals surface area (Å²) in [5, 5.41) is 5.72. The van der Waals surface area contributed by atoms with E-state index in [-0.39, 0.29) is 27.9 Å². The average molecular weight is 684 g/mol. The third kappa shape index (κ3) is 6.65. The van der Waals surface area contributed by atoms with Crippen LogP contribution in [0.25, 0.3) is 32.7 Å². The summed E-state index contributed by atoms with van der Waals surface area (Å²) in [6.07, 6.45) is 1.86. The van der Waals surface area contributed by atoms with Crippen LogP contribution in [-0.2, 0) is 10.3 Å². The quantitative estimate of drug-likeness (QED) is 0.127. The molecule has 6 heteroatoms. The van der Waals surface area contributed by atoms with Crippen molar-refractivity contribution < 1.29 is 9.05 Å². The molecule has 0 radical (unpaired) electrons. The molecule has 0 heterocycles. The molecular weight excluding hydrogens is 645 g/mol. The molecule has 0 fully saturated rings. The zero-order valence-corrected chi connectivity index (χ0v) is 30.0. The van der Waals surface area contributed by atoms with Crippen LogP contribution in [0.4, 0.5) is 0 Å². The van der Waals surface area contributed by atoms with Crippen LogP contribution in [0.1, 0.15) is 51.7 Å². The fourth-order valence-electron chi connectivity index (χ4n) is 5.83. The standard InChI is InChI=1S/C40H38Cl2O2P2/c1-5-39(3,29-17-21-31(41)22-18-29)45-43-35-25-15-27-11-7-9-13-33(27)37(35)38-34-14-10-8-12-28(34)16-26-36(38)44-46-40(4,6-2)30-19-23-32(42)24-20-30/h7-26,45-46H,5-6H2,1-4H3. The van der Waals surface area contributed by atoms with Crippen LogP contribution in [0.3, 0.4) is 0 Å². The van der Waals surface area contributed by atoms with E-state index in [2.05, 4.69) is 125 Å². The van der Waals surface area contributed by atoms with E-state index in [1.54, 1.807) is 0 Å². The molecule has 0 aliphatic heterocycles. The Hall–Kier alpha value is -3.12. The van der Waals surface area contributed by atoms with E-state index in [0.29, 0.717) is 0 Å². The summed E-state index contributed by atoms with van der Waals surface area (Å²) in [6.45, 7) is 8.97. The second kappa shape index (κ2) is 13.9. The van der Waals surface area contributed by atoms with E-state index in [1.165, 1.54) is 11.1 Å². The van der Waals surface area contributed by atoms with Gasteiger partial charge in [0.1, 0.15) is 11.5 Å². The second-order valence-corrected chi connectivity index (χ2v) is 16.0. The van der Waals surface area contributed by atoms with Crippen molar-refractivity contribution in [1.82, 2.24) is 0 Å². The van der Waals surface area contributed by atoms with E-state index >= 15 is 0 Å². The van der Waals surface area contributed by atoms with Crippen molar-refractivity contribution in [2.45, 2.75) is 50.8 Å². The molecular formula is C40H38Cl2O2P2. The summed E-state index contributed by atoms with van der Waals surface area (Å²) < 4.78 is 13.8. The number of halogens is 2. The van der Waals surface area contributed by atoms with Gasteiger partial charge in [-0.05, 0) is 95.8 Å².